The first-order valence-corrected chi connectivity index (χ1v) is 7.44. The topological polar surface area (TPSA) is 59.0 Å². The average molecular weight is 447 g/mol. The number of hydrogen-bond acceptors (Lipinski definition) is 3. The highest BCUT2D eigenvalue weighted by atomic mass is 127. The van der Waals surface area contributed by atoms with Crippen LogP contribution in [0.15, 0.2) is 34.8 Å². The second-order valence-electron chi connectivity index (χ2n) is 4.01. The Bertz CT molecular complexity index is 677. The first-order chi connectivity index (χ1) is 9.51. The fourth-order valence-corrected chi connectivity index (χ4v) is 2.85. The van der Waals surface area contributed by atoms with Crippen LogP contribution in [0.5, 0.6) is 5.75 Å². The van der Waals surface area contributed by atoms with Gasteiger partial charge in [-0.05, 0) is 52.9 Å². The number of ether oxygens (including phenoxy) is 1. The molecule has 2 aromatic rings. The van der Waals surface area contributed by atoms with Gasteiger partial charge in [0.1, 0.15) is 12.4 Å². The van der Waals surface area contributed by atoms with Gasteiger partial charge < -0.3 is 10.5 Å². The highest BCUT2D eigenvalue weighted by Gasteiger charge is 2.10. The second kappa shape index (κ2) is 6.41. The monoisotopic (exact) mass is 446 g/mol. The highest BCUT2D eigenvalue weighted by Crippen LogP contribution is 2.30. The molecule has 0 spiro atoms. The quantitative estimate of drug-likeness (QED) is 0.567. The summed E-state index contributed by atoms with van der Waals surface area (Å²) in [6.07, 6.45) is 0. The molecule has 0 radical (unpaired) electrons. The van der Waals surface area contributed by atoms with E-state index < -0.39 is 0 Å². The zero-order valence-electron chi connectivity index (χ0n) is 10.2. The third kappa shape index (κ3) is 3.41. The molecule has 2 N–H and O–H groups in total. The second-order valence-corrected chi connectivity index (χ2v) is 6.09. The van der Waals surface area contributed by atoms with E-state index >= 15 is 0 Å². The van der Waals surface area contributed by atoms with Crippen molar-refractivity contribution in [3.8, 4) is 11.8 Å². The molecular formula is C14H9BrFIN2O. The number of nitrogen functional groups attached to an aromatic ring is 1. The number of hydrogen-bond donors (Lipinski definition) is 1. The van der Waals surface area contributed by atoms with Crippen LogP contribution in [0.4, 0.5) is 10.1 Å². The molecule has 6 heteroatoms. The molecular weight excluding hydrogens is 438 g/mol. The molecule has 102 valence electrons. The van der Waals surface area contributed by atoms with Gasteiger partial charge in [0.15, 0.2) is 5.75 Å². The van der Waals surface area contributed by atoms with Crippen molar-refractivity contribution in [2.45, 2.75) is 6.61 Å². The van der Waals surface area contributed by atoms with Crippen LogP contribution in [-0.4, -0.2) is 0 Å². The fourth-order valence-electron chi connectivity index (χ4n) is 1.64. The lowest BCUT2D eigenvalue weighted by atomic mass is 10.2. The number of nitriles is 1. The molecule has 0 aliphatic heterocycles. The molecule has 20 heavy (non-hydrogen) atoms. The lowest BCUT2D eigenvalue weighted by Gasteiger charge is -2.12. The Labute approximate surface area is 137 Å². The largest absolute Gasteiger partial charge is 0.486 e. The van der Waals surface area contributed by atoms with Crippen LogP contribution < -0.4 is 10.5 Å². The maximum absolute atomic E-state index is 13.6. The van der Waals surface area contributed by atoms with Gasteiger partial charge in [0.2, 0.25) is 0 Å². The van der Waals surface area contributed by atoms with Crippen LogP contribution in [0.25, 0.3) is 0 Å². The maximum Gasteiger partial charge on any atom is 0.156 e. The molecule has 0 heterocycles. The highest BCUT2D eigenvalue weighted by molar-refractivity contribution is 14.1. The van der Waals surface area contributed by atoms with E-state index in [0.29, 0.717) is 22.6 Å². The molecule has 0 amide bonds. The Morgan fingerprint density at radius 1 is 1.35 bits per heavy atom. The summed E-state index contributed by atoms with van der Waals surface area (Å²) in [7, 11) is 0. The molecule has 3 nitrogen and oxygen atoms in total. The summed E-state index contributed by atoms with van der Waals surface area (Å²) >= 11 is 5.32. The zero-order valence-corrected chi connectivity index (χ0v) is 13.9. The Hall–Kier alpha value is -1.33. The molecule has 2 rings (SSSR count). The fraction of sp³-hybridized carbons (Fsp3) is 0.0714. The van der Waals surface area contributed by atoms with Gasteiger partial charge in [-0.3, -0.25) is 0 Å². The first kappa shape index (κ1) is 15.1. The van der Waals surface area contributed by atoms with Crippen molar-refractivity contribution < 1.29 is 9.13 Å². The summed E-state index contributed by atoms with van der Waals surface area (Å²) in [5.74, 6) is 0.124. The van der Waals surface area contributed by atoms with Crippen LogP contribution in [-0.2, 0) is 6.61 Å². The predicted octanol–water partition coefficient (Wildman–Crippen LogP) is 4.23. The Morgan fingerprint density at radius 2 is 2.10 bits per heavy atom. The third-order valence-corrected chi connectivity index (χ3v) is 3.88. The van der Waals surface area contributed by atoms with Gasteiger partial charge in [-0.25, -0.2) is 4.39 Å². The van der Waals surface area contributed by atoms with Crippen LogP contribution >= 0.6 is 38.5 Å². The number of anilines is 1. The molecule has 0 saturated carbocycles. The van der Waals surface area contributed by atoms with E-state index in [9.17, 15) is 4.39 Å². The Kier molecular flexibility index (Phi) is 4.83. The van der Waals surface area contributed by atoms with Gasteiger partial charge in [-0.1, -0.05) is 15.9 Å². The van der Waals surface area contributed by atoms with Crippen LogP contribution in [0.1, 0.15) is 11.1 Å². The zero-order chi connectivity index (χ0) is 14.7. The number of rotatable bonds is 3. The van der Waals surface area contributed by atoms with Crippen molar-refractivity contribution in [1.82, 2.24) is 0 Å². The summed E-state index contributed by atoms with van der Waals surface area (Å²) in [6, 6.07) is 9.88. The van der Waals surface area contributed by atoms with Crippen LogP contribution in [0.3, 0.4) is 0 Å². The summed E-state index contributed by atoms with van der Waals surface area (Å²) in [6.45, 7) is 0.0668. The molecule has 0 aliphatic rings. The van der Waals surface area contributed by atoms with Gasteiger partial charge in [0.05, 0.1) is 20.9 Å². The normalized spacial score (nSPS) is 10.1. The molecule has 0 atom stereocenters. The average Bonchev–Trinajstić information content (AvgIpc) is 2.41. The van der Waals surface area contributed by atoms with Crippen molar-refractivity contribution in [2.24, 2.45) is 0 Å². The smallest absolute Gasteiger partial charge is 0.156 e. The van der Waals surface area contributed by atoms with E-state index in [-0.39, 0.29) is 12.4 Å². The lowest BCUT2D eigenvalue weighted by Crippen LogP contribution is -2.03. The van der Waals surface area contributed by atoms with Gasteiger partial charge in [-0.2, -0.15) is 5.26 Å². The minimum atomic E-state index is -0.338. The SMILES string of the molecule is N#Cc1cc(N)c(OCc2cc(Br)ccc2F)c(I)c1. The van der Waals surface area contributed by atoms with Gasteiger partial charge in [0, 0.05) is 10.0 Å². The third-order valence-electron chi connectivity index (χ3n) is 2.58. The predicted molar refractivity (Wildman–Crippen MR) is 86.7 cm³/mol. The Morgan fingerprint density at radius 3 is 2.75 bits per heavy atom. The standard InChI is InChI=1S/C14H9BrFIN2O/c15-10-1-2-11(16)9(5-10)7-20-14-12(17)3-8(6-18)4-13(14)19/h1-5H,7,19H2. The van der Waals surface area contributed by atoms with E-state index in [1.54, 1.807) is 18.2 Å². The lowest BCUT2D eigenvalue weighted by molar-refractivity contribution is 0.299. The molecule has 0 bridgehead atoms. The van der Waals surface area contributed by atoms with Crippen LogP contribution in [0.2, 0.25) is 0 Å². The van der Waals surface area contributed by atoms with Crippen molar-refractivity contribution in [2.75, 3.05) is 5.73 Å². The molecule has 0 aromatic heterocycles. The number of benzene rings is 2. The summed E-state index contributed by atoms with van der Waals surface area (Å²) in [4.78, 5) is 0. The summed E-state index contributed by atoms with van der Waals surface area (Å²) < 4.78 is 20.7. The Balaban J connectivity index is 2.23. The van der Waals surface area contributed by atoms with E-state index in [1.807, 2.05) is 28.7 Å². The minimum Gasteiger partial charge on any atom is -0.486 e. The van der Waals surface area contributed by atoms with Gasteiger partial charge >= 0.3 is 0 Å². The van der Waals surface area contributed by atoms with Gasteiger partial charge in [0.25, 0.3) is 0 Å². The summed E-state index contributed by atoms with van der Waals surface area (Å²) in [5, 5.41) is 8.85. The first-order valence-electron chi connectivity index (χ1n) is 5.57. The van der Waals surface area contributed by atoms with E-state index in [2.05, 4.69) is 15.9 Å². The van der Waals surface area contributed by atoms with Crippen LogP contribution in [0, 0.1) is 20.7 Å². The van der Waals surface area contributed by atoms with E-state index in [1.165, 1.54) is 12.1 Å². The number of nitrogens with two attached hydrogens (primary N) is 1. The molecule has 0 saturated heterocycles. The number of halogens is 3. The van der Waals surface area contributed by atoms with Crippen molar-refractivity contribution in [3.63, 3.8) is 0 Å². The van der Waals surface area contributed by atoms with E-state index in [4.69, 9.17) is 15.7 Å². The summed E-state index contributed by atoms with van der Waals surface area (Å²) in [5.41, 5.74) is 7.11. The molecule has 2 aromatic carbocycles. The van der Waals surface area contributed by atoms with Crippen molar-refractivity contribution >= 4 is 44.2 Å². The van der Waals surface area contributed by atoms with Gasteiger partial charge in [-0.15, -0.1) is 0 Å². The van der Waals surface area contributed by atoms with E-state index in [0.717, 1.165) is 8.04 Å². The van der Waals surface area contributed by atoms with Crippen molar-refractivity contribution in [1.29, 1.82) is 5.26 Å². The van der Waals surface area contributed by atoms with Crippen molar-refractivity contribution in [3.05, 3.63) is 55.3 Å². The molecule has 0 fully saturated rings. The maximum atomic E-state index is 13.6. The number of nitrogens with zero attached hydrogens (tertiary/aromatic N) is 1. The molecule has 0 aliphatic carbocycles. The molecule has 0 unspecified atom stereocenters. The minimum absolute atomic E-state index is 0.0668.